The highest BCUT2D eigenvalue weighted by atomic mass is 35.5. The molecule has 0 heterocycles. The van der Waals surface area contributed by atoms with Crippen LogP contribution < -0.4 is 10.1 Å². The van der Waals surface area contributed by atoms with Crippen LogP contribution in [0.2, 0.25) is 5.02 Å². The number of carbonyl (C=O) groups is 1. The molecule has 0 unspecified atom stereocenters. The number of para-hydroxylation sites is 1. The first kappa shape index (κ1) is 16.3. The molecule has 2 N–H and O–H groups in total. The number of anilines is 1. The van der Waals surface area contributed by atoms with Gasteiger partial charge in [0.1, 0.15) is 5.75 Å². The Balaban J connectivity index is 1.73. The van der Waals surface area contributed by atoms with E-state index in [4.69, 9.17) is 21.4 Å². The van der Waals surface area contributed by atoms with Crippen molar-refractivity contribution in [1.29, 1.82) is 0 Å². The van der Waals surface area contributed by atoms with Crippen molar-refractivity contribution < 1.29 is 14.6 Å². The number of amides is 1. The zero-order valence-electron chi connectivity index (χ0n) is 12.1. The second kappa shape index (κ2) is 8.41. The Morgan fingerprint density at radius 3 is 2.77 bits per heavy atom. The summed E-state index contributed by atoms with van der Waals surface area (Å²) in [5, 5.41) is 12.4. The summed E-state index contributed by atoms with van der Waals surface area (Å²) in [4.78, 5) is 11.8. The Labute approximate surface area is 134 Å². The number of aliphatic hydroxyl groups is 1. The highest BCUT2D eigenvalue weighted by molar-refractivity contribution is 6.32. The Kier molecular flexibility index (Phi) is 6.25. The molecular weight excluding hydrogens is 302 g/mol. The van der Waals surface area contributed by atoms with Gasteiger partial charge in [0, 0.05) is 12.1 Å². The lowest BCUT2D eigenvalue weighted by Gasteiger charge is -2.08. The average Bonchev–Trinajstić information content (AvgIpc) is 2.53. The summed E-state index contributed by atoms with van der Waals surface area (Å²) in [7, 11) is 0. The predicted octanol–water partition coefficient (Wildman–Crippen LogP) is 3.63. The highest BCUT2D eigenvalue weighted by Gasteiger charge is 2.04. The molecule has 0 fully saturated rings. The number of ether oxygens (including phenoxy) is 1. The zero-order valence-corrected chi connectivity index (χ0v) is 12.8. The normalized spacial score (nSPS) is 10.3. The number of aliphatic hydroxyl groups excluding tert-OH is 1. The molecule has 2 aromatic rings. The van der Waals surface area contributed by atoms with E-state index in [1.54, 1.807) is 36.4 Å². The van der Waals surface area contributed by atoms with E-state index >= 15 is 0 Å². The van der Waals surface area contributed by atoms with E-state index in [0.29, 0.717) is 35.9 Å². The molecule has 0 saturated heterocycles. The van der Waals surface area contributed by atoms with E-state index in [1.807, 2.05) is 12.1 Å². The second-order valence-corrected chi connectivity index (χ2v) is 5.20. The summed E-state index contributed by atoms with van der Waals surface area (Å²) in [6.45, 7) is 0.378. The zero-order chi connectivity index (χ0) is 15.8. The van der Waals surface area contributed by atoms with E-state index in [0.717, 1.165) is 5.56 Å². The van der Waals surface area contributed by atoms with Gasteiger partial charge in [0.15, 0.2) is 0 Å². The molecule has 0 aromatic heterocycles. The minimum atomic E-state index is -0.0853. The van der Waals surface area contributed by atoms with Gasteiger partial charge in [-0.2, -0.15) is 0 Å². The van der Waals surface area contributed by atoms with Crippen molar-refractivity contribution in [3.8, 4) is 5.75 Å². The van der Waals surface area contributed by atoms with Crippen LogP contribution in [0, 0.1) is 0 Å². The van der Waals surface area contributed by atoms with E-state index in [9.17, 15) is 4.79 Å². The molecule has 0 saturated carbocycles. The van der Waals surface area contributed by atoms with Gasteiger partial charge in [-0.3, -0.25) is 4.79 Å². The number of rotatable bonds is 7. The molecular formula is C17H18ClNO3. The van der Waals surface area contributed by atoms with Crippen molar-refractivity contribution in [2.45, 2.75) is 19.4 Å². The number of nitrogens with one attached hydrogen (secondary N) is 1. The van der Waals surface area contributed by atoms with Crippen LogP contribution in [-0.4, -0.2) is 17.6 Å². The van der Waals surface area contributed by atoms with Crippen molar-refractivity contribution in [3.63, 3.8) is 0 Å². The summed E-state index contributed by atoms with van der Waals surface area (Å²) < 4.78 is 5.53. The maximum atomic E-state index is 11.8. The largest absolute Gasteiger partial charge is 0.492 e. The fraction of sp³-hybridized carbons (Fsp3) is 0.235. The molecule has 5 heteroatoms. The number of halogens is 1. The topological polar surface area (TPSA) is 58.6 Å². The molecule has 0 aliphatic rings. The summed E-state index contributed by atoms with van der Waals surface area (Å²) in [5.41, 5.74) is 1.45. The van der Waals surface area contributed by atoms with Gasteiger partial charge in [-0.1, -0.05) is 35.9 Å². The maximum Gasteiger partial charge on any atom is 0.224 e. The van der Waals surface area contributed by atoms with Crippen molar-refractivity contribution in [2.75, 3.05) is 11.9 Å². The summed E-state index contributed by atoms with van der Waals surface area (Å²) >= 11 is 5.98. The van der Waals surface area contributed by atoms with Crippen molar-refractivity contribution in [2.24, 2.45) is 0 Å². The Morgan fingerprint density at radius 1 is 1.18 bits per heavy atom. The van der Waals surface area contributed by atoms with Crippen LogP contribution in [0.1, 0.15) is 18.4 Å². The Bertz CT molecular complexity index is 631. The minimum absolute atomic E-state index is 0.0462. The lowest BCUT2D eigenvalue weighted by atomic mass is 10.2. The molecule has 0 aliphatic heterocycles. The van der Waals surface area contributed by atoms with Crippen molar-refractivity contribution in [3.05, 3.63) is 59.1 Å². The quantitative estimate of drug-likeness (QED) is 0.766. The lowest BCUT2D eigenvalue weighted by Crippen LogP contribution is -2.13. The molecule has 0 spiro atoms. The SMILES string of the molecule is O=C(CCCOc1ccccc1Cl)Nc1cccc(CO)c1. The first-order valence-electron chi connectivity index (χ1n) is 7.06. The van der Waals surface area contributed by atoms with Crippen molar-refractivity contribution >= 4 is 23.2 Å². The number of carbonyl (C=O) groups excluding carboxylic acids is 1. The highest BCUT2D eigenvalue weighted by Crippen LogP contribution is 2.23. The molecule has 1 amide bonds. The third kappa shape index (κ3) is 5.06. The van der Waals surface area contributed by atoms with Crippen LogP contribution in [0.15, 0.2) is 48.5 Å². The molecule has 22 heavy (non-hydrogen) atoms. The molecule has 116 valence electrons. The predicted molar refractivity (Wildman–Crippen MR) is 87.2 cm³/mol. The van der Waals surface area contributed by atoms with Crippen LogP contribution in [0.4, 0.5) is 5.69 Å². The van der Waals surface area contributed by atoms with Gasteiger partial charge in [-0.05, 0) is 36.2 Å². The van der Waals surface area contributed by atoms with Crippen LogP contribution in [0.25, 0.3) is 0 Å². The molecule has 0 aliphatic carbocycles. The van der Waals surface area contributed by atoms with Gasteiger partial charge >= 0.3 is 0 Å². The van der Waals surface area contributed by atoms with E-state index in [-0.39, 0.29) is 12.5 Å². The summed E-state index contributed by atoms with van der Waals surface area (Å²) in [6.07, 6.45) is 0.949. The minimum Gasteiger partial charge on any atom is -0.492 e. The summed E-state index contributed by atoms with van der Waals surface area (Å²) in [5.74, 6) is 0.540. The molecule has 0 atom stereocenters. The summed E-state index contributed by atoms with van der Waals surface area (Å²) in [6, 6.07) is 14.4. The fourth-order valence-corrected chi connectivity index (χ4v) is 2.14. The third-order valence-electron chi connectivity index (χ3n) is 3.04. The molecule has 0 bridgehead atoms. The lowest BCUT2D eigenvalue weighted by molar-refractivity contribution is -0.116. The van der Waals surface area contributed by atoms with E-state index < -0.39 is 0 Å². The van der Waals surface area contributed by atoms with Crippen LogP contribution >= 0.6 is 11.6 Å². The van der Waals surface area contributed by atoms with Crippen molar-refractivity contribution in [1.82, 2.24) is 0 Å². The van der Waals surface area contributed by atoms with Gasteiger partial charge in [0.2, 0.25) is 5.91 Å². The molecule has 2 aromatic carbocycles. The molecule has 2 rings (SSSR count). The van der Waals surface area contributed by atoms with Gasteiger partial charge < -0.3 is 15.2 Å². The van der Waals surface area contributed by atoms with E-state index in [1.165, 1.54) is 0 Å². The van der Waals surface area contributed by atoms with Crippen LogP contribution in [0.3, 0.4) is 0 Å². The van der Waals surface area contributed by atoms with Crippen LogP contribution in [0.5, 0.6) is 5.75 Å². The maximum absolute atomic E-state index is 11.8. The van der Waals surface area contributed by atoms with Crippen LogP contribution in [-0.2, 0) is 11.4 Å². The van der Waals surface area contributed by atoms with Gasteiger partial charge in [0.05, 0.1) is 18.2 Å². The number of hydrogen-bond donors (Lipinski definition) is 2. The third-order valence-corrected chi connectivity index (χ3v) is 3.35. The monoisotopic (exact) mass is 319 g/mol. The van der Waals surface area contributed by atoms with Gasteiger partial charge in [-0.15, -0.1) is 0 Å². The fourth-order valence-electron chi connectivity index (χ4n) is 1.95. The standard InChI is InChI=1S/C17H18ClNO3/c18-15-7-1-2-8-16(15)22-10-4-9-17(21)19-14-6-3-5-13(11-14)12-20/h1-3,5-8,11,20H,4,9-10,12H2,(H,19,21). The average molecular weight is 320 g/mol. The van der Waals surface area contributed by atoms with E-state index in [2.05, 4.69) is 5.32 Å². The molecule has 0 radical (unpaired) electrons. The Morgan fingerprint density at radius 2 is 2.00 bits per heavy atom. The van der Waals surface area contributed by atoms with Gasteiger partial charge in [-0.25, -0.2) is 0 Å². The first-order valence-corrected chi connectivity index (χ1v) is 7.44. The smallest absolute Gasteiger partial charge is 0.224 e. The number of hydrogen-bond acceptors (Lipinski definition) is 3. The second-order valence-electron chi connectivity index (χ2n) is 4.79. The number of benzene rings is 2. The Hall–Kier alpha value is -2.04. The molecule has 4 nitrogen and oxygen atoms in total. The van der Waals surface area contributed by atoms with Gasteiger partial charge in [0.25, 0.3) is 0 Å². The first-order chi connectivity index (χ1) is 10.7.